The van der Waals surface area contributed by atoms with E-state index < -0.39 is 18.0 Å². The molecule has 0 spiro atoms. The Kier molecular flexibility index (Phi) is 4.85. The SMILES string of the molecule is CC(O)(CNC(=O)CCn1ccnc1)CC(=O)O. The first-order valence-electron chi connectivity index (χ1n) is 5.56. The second-order valence-electron chi connectivity index (χ2n) is 4.39. The molecule has 0 aliphatic rings. The molecule has 7 nitrogen and oxygen atoms in total. The number of rotatable bonds is 7. The number of imidazole rings is 1. The third kappa shape index (κ3) is 5.44. The van der Waals surface area contributed by atoms with Gasteiger partial charge in [0.15, 0.2) is 0 Å². The molecule has 1 amide bonds. The highest BCUT2D eigenvalue weighted by molar-refractivity contribution is 5.76. The van der Waals surface area contributed by atoms with Gasteiger partial charge in [0.2, 0.25) is 5.91 Å². The van der Waals surface area contributed by atoms with E-state index in [1.54, 1.807) is 23.3 Å². The largest absolute Gasteiger partial charge is 0.481 e. The summed E-state index contributed by atoms with van der Waals surface area (Å²) in [6, 6.07) is 0. The summed E-state index contributed by atoms with van der Waals surface area (Å²) in [7, 11) is 0. The van der Waals surface area contributed by atoms with Gasteiger partial charge in [0, 0.05) is 31.9 Å². The highest BCUT2D eigenvalue weighted by Gasteiger charge is 2.24. The number of carboxylic acids is 1. The maximum Gasteiger partial charge on any atom is 0.306 e. The summed E-state index contributed by atoms with van der Waals surface area (Å²) in [6.07, 6.45) is 4.81. The van der Waals surface area contributed by atoms with Crippen LogP contribution in [-0.2, 0) is 16.1 Å². The fourth-order valence-electron chi connectivity index (χ4n) is 1.42. The van der Waals surface area contributed by atoms with Gasteiger partial charge in [-0.25, -0.2) is 4.98 Å². The minimum Gasteiger partial charge on any atom is -0.481 e. The van der Waals surface area contributed by atoms with Crippen LogP contribution < -0.4 is 5.32 Å². The van der Waals surface area contributed by atoms with Gasteiger partial charge in [-0.15, -0.1) is 0 Å². The Morgan fingerprint density at radius 3 is 2.78 bits per heavy atom. The number of amides is 1. The number of carboxylic acid groups (broad SMARTS) is 1. The zero-order valence-electron chi connectivity index (χ0n) is 10.2. The molecule has 0 saturated carbocycles. The molecule has 0 aliphatic carbocycles. The summed E-state index contributed by atoms with van der Waals surface area (Å²) in [5.41, 5.74) is -1.43. The monoisotopic (exact) mass is 255 g/mol. The normalized spacial score (nSPS) is 13.9. The summed E-state index contributed by atoms with van der Waals surface area (Å²) in [4.78, 5) is 25.8. The van der Waals surface area contributed by atoms with E-state index in [1.807, 2.05) is 0 Å². The van der Waals surface area contributed by atoms with Gasteiger partial charge in [0.1, 0.15) is 0 Å². The van der Waals surface area contributed by atoms with Crippen LogP contribution in [-0.4, -0.2) is 43.8 Å². The number of hydrogen-bond donors (Lipinski definition) is 3. The maximum absolute atomic E-state index is 11.5. The van der Waals surface area contributed by atoms with Crippen LogP contribution in [0, 0.1) is 0 Å². The molecule has 7 heteroatoms. The van der Waals surface area contributed by atoms with Gasteiger partial charge in [-0.3, -0.25) is 9.59 Å². The van der Waals surface area contributed by atoms with Crippen molar-refractivity contribution in [2.45, 2.75) is 31.9 Å². The van der Waals surface area contributed by atoms with Crippen molar-refractivity contribution in [3.05, 3.63) is 18.7 Å². The number of hydrogen-bond acceptors (Lipinski definition) is 4. The Hall–Kier alpha value is -1.89. The summed E-state index contributed by atoms with van der Waals surface area (Å²) in [5.74, 6) is -1.35. The topological polar surface area (TPSA) is 104 Å². The lowest BCUT2D eigenvalue weighted by Crippen LogP contribution is -2.42. The lowest BCUT2D eigenvalue weighted by molar-refractivity contribution is -0.142. The Morgan fingerprint density at radius 2 is 2.22 bits per heavy atom. The number of carbonyl (C=O) groups excluding carboxylic acids is 1. The second kappa shape index (κ2) is 6.15. The van der Waals surface area contributed by atoms with Crippen LogP contribution in [0.25, 0.3) is 0 Å². The number of aryl methyl sites for hydroxylation is 1. The molecule has 1 aromatic rings. The van der Waals surface area contributed by atoms with Crippen LogP contribution in [0.2, 0.25) is 0 Å². The molecule has 18 heavy (non-hydrogen) atoms. The van der Waals surface area contributed by atoms with Crippen molar-refractivity contribution < 1.29 is 19.8 Å². The van der Waals surface area contributed by atoms with Crippen LogP contribution in [0.3, 0.4) is 0 Å². The fourth-order valence-corrected chi connectivity index (χ4v) is 1.42. The fraction of sp³-hybridized carbons (Fsp3) is 0.545. The number of aliphatic carboxylic acids is 1. The Morgan fingerprint density at radius 1 is 1.50 bits per heavy atom. The lowest BCUT2D eigenvalue weighted by atomic mass is 10.0. The van der Waals surface area contributed by atoms with Crippen molar-refractivity contribution in [3.8, 4) is 0 Å². The maximum atomic E-state index is 11.5. The minimum absolute atomic E-state index is 0.0813. The third-order valence-corrected chi connectivity index (χ3v) is 2.35. The van der Waals surface area contributed by atoms with E-state index in [0.29, 0.717) is 6.54 Å². The van der Waals surface area contributed by atoms with Gasteiger partial charge < -0.3 is 20.1 Å². The molecule has 100 valence electrons. The van der Waals surface area contributed by atoms with Crippen molar-refractivity contribution in [2.24, 2.45) is 0 Å². The minimum atomic E-state index is -1.43. The van der Waals surface area contributed by atoms with E-state index in [9.17, 15) is 14.7 Å². The number of aromatic nitrogens is 2. The van der Waals surface area contributed by atoms with E-state index in [1.165, 1.54) is 6.92 Å². The summed E-state index contributed by atoms with van der Waals surface area (Å²) < 4.78 is 1.76. The van der Waals surface area contributed by atoms with E-state index in [2.05, 4.69) is 10.3 Å². The summed E-state index contributed by atoms with van der Waals surface area (Å²) in [6.45, 7) is 1.78. The molecule has 1 unspecified atom stereocenters. The Balaban J connectivity index is 2.26. The highest BCUT2D eigenvalue weighted by Crippen LogP contribution is 2.07. The van der Waals surface area contributed by atoms with E-state index >= 15 is 0 Å². The molecule has 0 aliphatic heterocycles. The lowest BCUT2D eigenvalue weighted by Gasteiger charge is -2.21. The van der Waals surface area contributed by atoms with E-state index in [0.717, 1.165) is 0 Å². The van der Waals surface area contributed by atoms with Crippen LogP contribution in [0.15, 0.2) is 18.7 Å². The van der Waals surface area contributed by atoms with E-state index in [4.69, 9.17) is 5.11 Å². The standard InChI is InChI=1S/C11H17N3O4/c1-11(18,6-10(16)17)7-13-9(15)2-4-14-5-3-12-8-14/h3,5,8,18H,2,4,6-7H2,1H3,(H,13,15)(H,16,17). The Labute approximate surface area is 104 Å². The van der Waals surface area contributed by atoms with Crippen LogP contribution in [0.5, 0.6) is 0 Å². The molecule has 1 rings (SSSR count). The van der Waals surface area contributed by atoms with Crippen molar-refractivity contribution in [1.29, 1.82) is 0 Å². The predicted octanol–water partition coefficient (Wildman–Crippen LogP) is -0.385. The molecule has 1 aromatic heterocycles. The summed E-state index contributed by atoms with van der Waals surface area (Å²) >= 11 is 0. The summed E-state index contributed by atoms with van der Waals surface area (Å²) in [5, 5.41) is 20.7. The van der Waals surface area contributed by atoms with Crippen molar-refractivity contribution in [1.82, 2.24) is 14.9 Å². The van der Waals surface area contributed by atoms with Crippen molar-refractivity contribution in [2.75, 3.05) is 6.54 Å². The third-order valence-electron chi connectivity index (χ3n) is 2.35. The first-order valence-corrected chi connectivity index (χ1v) is 5.56. The predicted molar refractivity (Wildman–Crippen MR) is 62.7 cm³/mol. The zero-order valence-corrected chi connectivity index (χ0v) is 10.2. The number of aliphatic hydroxyl groups is 1. The average molecular weight is 255 g/mol. The number of nitrogens with zero attached hydrogens (tertiary/aromatic N) is 2. The number of carbonyl (C=O) groups is 2. The Bertz CT molecular complexity index is 400. The molecular formula is C11H17N3O4. The highest BCUT2D eigenvalue weighted by atomic mass is 16.4. The van der Waals surface area contributed by atoms with Gasteiger partial charge in [-0.1, -0.05) is 0 Å². The van der Waals surface area contributed by atoms with Crippen LogP contribution in [0.1, 0.15) is 19.8 Å². The first-order chi connectivity index (χ1) is 8.39. The zero-order chi connectivity index (χ0) is 13.6. The molecule has 1 atom stereocenters. The van der Waals surface area contributed by atoms with Crippen LogP contribution >= 0.6 is 0 Å². The second-order valence-corrected chi connectivity index (χ2v) is 4.39. The van der Waals surface area contributed by atoms with Crippen molar-refractivity contribution >= 4 is 11.9 Å². The molecule has 0 fully saturated rings. The molecule has 0 saturated heterocycles. The molecular weight excluding hydrogens is 238 g/mol. The quantitative estimate of drug-likeness (QED) is 0.615. The van der Waals surface area contributed by atoms with Gasteiger partial charge in [-0.05, 0) is 6.92 Å². The molecule has 3 N–H and O–H groups in total. The molecule has 0 aromatic carbocycles. The van der Waals surface area contributed by atoms with E-state index in [-0.39, 0.29) is 18.9 Å². The van der Waals surface area contributed by atoms with Gasteiger partial charge in [0.25, 0.3) is 0 Å². The molecule has 1 heterocycles. The first kappa shape index (κ1) is 14.2. The van der Waals surface area contributed by atoms with Crippen LogP contribution in [0.4, 0.5) is 0 Å². The molecule has 0 bridgehead atoms. The molecule has 0 radical (unpaired) electrons. The van der Waals surface area contributed by atoms with Gasteiger partial charge in [0.05, 0.1) is 18.3 Å². The van der Waals surface area contributed by atoms with Crippen molar-refractivity contribution in [3.63, 3.8) is 0 Å². The average Bonchev–Trinajstić information content (AvgIpc) is 2.74. The smallest absolute Gasteiger partial charge is 0.306 e. The van der Waals surface area contributed by atoms with Gasteiger partial charge >= 0.3 is 5.97 Å². The van der Waals surface area contributed by atoms with Gasteiger partial charge in [-0.2, -0.15) is 0 Å². The number of nitrogens with one attached hydrogen (secondary N) is 1.